The van der Waals surface area contributed by atoms with E-state index in [0.717, 1.165) is 5.56 Å². The van der Waals surface area contributed by atoms with Crippen LogP contribution in [0.25, 0.3) is 0 Å². The first-order valence-corrected chi connectivity index (χ1v) is 5.04. The summed E-state index contributed by atoms with van der Waals surface area (Å²) in [7, 11) is 1.40. The van der Waals surface area contributed by atoms with Crippen molar-refractivity contribution in [3.8, 4) is 0 Å². The van der Waals surface area contributed by atoms with Gasteiger partial charge >= 0.3 is 5.97 Å². The van der Waals surface area contributed by atoms with Gasteiger partial charge in [-0.15, -0.1) is 0 Å². The molecule has 2 atom stereocenters. The lowest BCUT2D eigenvalue weighted by Gasteiger charge is -2.18. The maximum Gasteiger partial charge on any atom is 0.322 e. The summed E-state index contributed by atoms with van der Waals surface area (Å²) >= 11 is 0. The van der Waals surface area contributed by atoms with Crippen molar-refractivity contribution < 1.29 is 9.53 Å². The number of methoxy groups -OCH3 is 1. The third kappa shape index (κ3) is 3.36. The number of carbonyl (C=O) groups is 1. The summed E-state index contributed by atoms with van der Waals surface area (Å²) in [5.74, 6) is -0.238. The highest BCUT2D eigenvalue weighted by atomic mass is 16.5. The van der Waals surface area contributed by atoms with Gasteiger partial charge in [-0.2, -0.15) is 0 Å². The molecule has 0 amide bonds. The van der Waals surface area contributed by atoms with Crippen LogP contribution in [0.3, 0.4) is 0 Å². The van der Waals surface area contributed by atoms with Gasteiger partial charge in [0, 0.05) is 6.04 Å². The molecule has 0 aliphatic rings. The van der Waals surface area contributed by atoms with Crippen LogP contribution in [0.1, 0.15) is 25.5 Å². The van der Waals surface area contributed by atoms with Crippen LogP contribution in [0.4, 0.5) is 0 Å². The minimum Gasteiger partial charge on any atom is -0.468 e. The van der Waals surface area contributed by atoms with Crippen LogP contribution in [0.2, 0.25) is 0 Å². The fourth-order valence-corrected chi connectivity index (χ4v) is 1.46. The highest BCUT2D eigenvalue weighted by molar-refractivity contribution is 5.75. The maximum atomic E-state index is 11.2. The number of ether oxygens (including phenoxy) is 1. The molecule has 0 radical (unpaired) electrons. The molecule has 1 unspecified atom stereocenters. The number of benzene rings is 1. The summed E-state index contributed by atoms with van der Waals surface area (Å²) in [6.07, 6.45) is 0. The van der Waals surface area contributed by atoms with Crippen LogP contribution in [-0.2, 0) is 9.53 Å². The second-order valence-electron chi connectivity index (χ2n) is 3.54. The molecule has 1 aromatic rings. The molecule has 0 saturated carbocycles. The van der Waals surface area contributed by atoms with Gasteiger partial charge in [-0.05, 0) is 19.4 Å². The van der Waals surface area contributed by atoms with E-state index in [-0.39, 0.29) is 18.1 Å². The quantitative estimate of drug-likeness (QED) is 0.766. The van der Waals surface area contributed by atoms with E-state index in [9.17, 15) is 4.79 Å². The number of carbonyl (C=O) groups excluding carboxylic acids is 1. The van der Waals surface area contributed by atoms with Gasteiger partial charge in [-0.25, -0.2) is 0 Å². The lowest BCUT2D eigenvalue weighted by molar-refractivity contribution is -0.142. The third-order valence-electron chi connectivity index (χ3n) is 2.35. The van der Waals surface area contributed by atoms with E-state index in [1.807, 2.05) is 37.3 Å². The predicted octanol–water partition coefficient (Wildman–Crippen LogP) is 1.90. The molecule has 0 aliphatic carbocycles. The first-order chi connectivity index (χ1) is 7.15. The second kappa shape index (κ2) is 5.51. The fraction of sp³-hybridized carbons (Fsp3) is 0.417. The SMILES string of the molecule is COC(=O)C(C)N[C@@H](C)c1ccccc1. The summed E-state index contributed by atoms with van der Waals surface area (Å²) in [5, 5.41) is 3.17. The highest BCUT2D eigenvalue weighted by Gasteiger charge is 2.15. The summed E-state index contributed by atoms with van der Waals surface area (Å²) in [6.45, 7) is 3.82. The first-order valence-electron chi connectivity index (χ1n) is 5.04. The Labute approximate surface area is 90.4 Å². The molecule has 3 heteroatoms. The molecule has 0 heterocycles. The Morgan fingerprint density at radius 3 is 2.40 bits per heavy atom. The highest BCUT2D eigenvalue weighted by Crippen LogP contribution is 2.11. The number of hydrogen-bond donors (Lipinski definition) is 1. The van der Waals surface area contributed by atoms with Crippen LogP contribution in [-0.4, -0.2) is 19.1 Å². The predicted molar refractivity (Wildman–Crippen MR) is 59.5 cm³/mol. The van der Waals surface area contributed by atoms with E-state index < -0.39 is 0 Å². The van der Waals surface area contributed by atoms with Crippen molar-refractivity contribution in [2.75, 3.05) is 7.11 Å². The molecular weight excluding hydrogens is 190 g/mol. The van der Waals surface area contributed by atoms with E-state index in [1.165, 1.54) is 7.11 Å². The molecule has 0 aliphatic heterocycles. The van der Waals surface area contributed by atoms with Crippen molar-refractivity contribution in [1.82, 2.24) is 5.32 Å². The Morgan fingerprint density at radius 1 is 1.27 bits per heavy atom. The summed E-state index contributed by atoms with van der Waals surface area (Å²) in [5.41, 5.74) is 1.16. The molecule has 0 spiro atoms. The van der Waals surface area contributed by atoms with Crippen LogP contribution in [0, 0.1) is 0 Å². The number of hydrogen-bond acceptors (Lipinski definition) is 3. The molecule has 15 heavy (non-hydrogen) atoms. The Morgan fingerprint density at radius 2 is 1.87 bits per heavy atom. The van der Waals surface area contributed by atoms with Crippen molar-refractivity contribution in [3.05, 3.63) is 35.9 Å². The molecule has 0 bridgehead atoms. The Kier molecular flexibility index (Phi) is 4.31. The number of nitrogens with one attached hydrogen (secondary N) is 1. The standard InChI is InChI=1S/C12H17NO2/c1-9(11-7-5-4-6-8-11)13-10(2)12(14)15-3/h4-10,13H,1-3H3/t9-,10?/m0/s1. The number of esters is 1. The van der Waals surface area contributed by atoms with Crippen LogP contribution < -0.4 is 5.32 Å². The lowest BCUT2D eigenvalue weighted by Crippen LogP contribution is -2.36. The largest absolute Gasteiger partial charge is 0.468 e. The minimum absolute atomic E-state index is 0.139. The maximum absolute atomic E-state index is 11.2. The molecule has 3 nitrogen and oxygen atoms in total. The average molecular weight is 207 g/mol. The van der Waals surface area contributed by atoms with E-state index in [4.69, 9.17) is 0 Å². The Hall–Kier alpha value is -1.35. The van der Waals surface area contributed by atoms with Gasteiger partial charge in [0.15, 0.2) is 0 Å². The topological polar surface area (TPSA) is 38.3 Å². The second-order valence-corrected chi connectivity index (χ2v) is 3.54. The molecule has 0 saturated heterocycles. The average Bonchev–Trinajstić information content (AvgIpc) is 2.29. The van der Waals surface area contributed by atoms with Gasteiger partial charge in [0.1, 0.15) is 6.04 Å². The van der Waals surface area contributed by atoms with Gasteiger partial charge in [-0.1, -0.05) is 30.3 Å². The molecule has 1 aromatic carbocycles. The summed E-state index contributed by atoms with van der Waals surface area (Å²) in [6, 6.07) is 9.85. The van der Waals surface area contributed by atoms with Crippen molar-refractivity contribution in [2.24, 2.45) is 0 Å². The zero-order chi connectivity index (χ0) is 11.3. The molecule has 82 valence electrons. The van der Waals surface area contributed by atoms with E-state index in [1.54, 1.807) is 6.92 Å². The van der Waals surface area contributed by atoms with Crippen molar-refractivity contribution in [3.63, 3.8) is 0 Å². The van der Waals surface area contributed by atoms with Crippen LogP contribution in [0.5, 0.6) is 0 Å². The summed E-state index contributed by atoms with van der Waals surface area (Å²) < 4.78 is 4.65. The summed E-state index contributed by atoms with van der Waals surface area (Å²) in [4.78, 5) is 11.2. The molecule has 1 rings (SSSR count). The molecular formula is C12H17NO2. The van der Waals surface area contributed by atoms with Crippen molar-refractivity contribution in [2.45, 2.75) is 25.9 Å². The Bertz CT molecular complexity index is 311. The Balaban J connectivity index is 2.56. The van der Waals surface area contributed by atoms with Crippen molar-refractivity contribution in [1.29, 1.82) is 0 Å². The van der Waals surface area contributed by atoms with Gasteiger partial charge in [0.05, 0.1) is 7.11 Å². The van der Waals surface area contributed by atoms with Gasteiger partial charge in [-0.3, -0.25) is 10.1 Å². The zero-order valence-electron chi connectivity index (χ0n) is 9.36. The van der Waals surface area contributed by atoms with Gasteiger partial charge in [0.25, 0.3) is 0 Å². The van der Waals surface area contributed by atoms with Gasteiger partial charge < -0.3 is 4.74 Å². The van der Waals surface area contributed by atoms with E-state index in [2.05, 4.69) is 10.1 Å². The van der Waals surface area contributed by atoms with Gasteiger partial charge in [0.2, 0.25) is 0 Å². The lowest BCUT2D eigenvalue weighted by atomic mass is 10.1. The smallest absolute Gasteiger partial charge is 0.322 e. The van der Waals surface area contributed by atoms with Crippen LogP contribution in [0.15, 0.2) is 30.3 Å². The first kappa shape index (κ1) is 11.7. The monoisotopic (exact) mass is 207 g/mol. The minimum atomic E-state index is -0.287. The van der Waals surface area contributed by atoms with E-state index in [0.29, 0.717) is 0 Å². The molecule has 1 N–H and O–H groups in total. The molecule has 0 fully saturated rings. The third-order valence-corrected chi connectivity index (χ3v) is 2.35. The normalized spacial score (nSPS) is 14.3. The van der Waals surface area contributed by atoms with Crippen molar-refractivity contribution >= 4 is 5.97 Å². The zero-order valence-corrected chi connectivity index (χ0v) is 9.36. The van der Waals surface area contributed by atoms with E-state index >= 15 is 0 Å². The molecule has 0 aromatic heterocycles. The van der Waals surface area contributed by atoms with Crippen LogP contribution >= 0.6 is 0 Å². The number of rotatable bonds is 4. The fourth-order valence-electron chi connectivity index (χ4n) is 1.46.